The van der Waals surface area contributed by atoms with Crippen molar-refractivity contribution < 1.29 is 27.6 Å². The van der Waals surface area contributed by atoms with E-state index in [9.17, 15) is 27.6 Å². The lowest BCUT2D eigenvalue weighted by atomic mass is 9.97. The number of hydrogen-bond donors (Lipinski definition) is 1. The van der Waals surface area contributed by atoms with Crippen molar-refractivity contribution in [3.8, 4) is 0 Å². The number of fused-ring (bicyclic) bond motifs is 2. The fraction of sp³-hybridized carbons (Fsp3) is 0.500. The van der Waals surface area contributed by atoms with E-state index in [-0.39, 0.29) is 43.0 Å². The van der Waals surface area contributed by atoms with Crippen LogP contribution >= 0.6 is 0 Å². The summed E-state index contributed by atoms with van der Waals surface area (Å²) in [6.07, 6.45) is 0.695. The first-order valence-corrected chi connectivity index (χ1v) is 14.1. The van der Waals surface area contributed by atoms with Crippen LogP contribution in [0.5, 0.6) is 0 Å². The van der Waals surface area contributed by atoms with E-state index < -0.39 is 13.0 Å². The van der Waals surface area contributed by atoms with Crippen LogP contribution in [0.3, 0.4) is 0 Å². The molecule has 0 fully saturated rings. The van der Waals surface area contributed by atoms with E-state index in [1.54, 1.807) is 31.0 Å². The van der Waals surface area contributed by atoms with Crippen LogP contribution in [-0.2, 0) is 33.9 Å². The molecule has 0 atom stereocenters. The van der Waals surface area contributed by atoms with Crippen LogP contribution in [0.25, 0.3) is 0 Å². The maximum atomic E-state index is 13.7. The van der Waals surface area contributed by atoms with Crippen molar-refractivity contribution >= 4 is 29.1 Å². The van der Waals surface area contributed by atoms with Crippen molar-refractivity contribution in [2.24, 2.45) is 0 Å². The van der Waals surface area contributed by atoms with Gasteiger partial charge in [0.15, 0.2) is 0 Å². The average molecular weight is 574 g/mol. The van der Waals surface area contributed by atoms with E-state index in [1.165, 1.54) is 17.1 Å². The zero-order chi connectivity index (χ0) is 29.7. The van der Waals surface area contributed by atoms with E-state index in [0.717, 1.165) is 40.9 Å². The van der Waals surface area contributed by atoms with Gasteiger partial charge in [-0.3, -0.25) is 19.4 Å². The molecule has 0 saturated heterocycles. The number of rotatable bonds is 12. The van der Waals surface area contributed by atoms with E-state index in [2.05, 4.69) is 12.2 Å². The highest BCUT2D eigenvalue weighted by molar-refractivity contribution is 5.97. The monoisotopic (exact) mass is 573 g/mol. The number of carbonyl (C=O) groups excluding carboxylic acids is 3. The molecular weight excluding hydrogens is 535 g/mol. The predicted octanol–water partition coefficient (Wildman–Crippen LogP) is 4.18. The number of hydrazine groups is 1. The molecule has 2 aliphatic rings. The summed E-state index contributed by atoms with van der Waals surface area (Å²) in [7, 11) is 1.65. The summed E-state index contributed by atoms with van der Waals surface area (Å²) in [6, 6.07) is 8.09. The van der Waals surface area contributed by atoms with Gasteiger partial charge in [0, 0.05) is 44.5 Å². The molecule has 41 heavy (non-hydrogen) atoms. The Morgan fingerprint density at radius 2 is 1.78 bits per heavy atom. The molecule has 0 unspecified atom stereocenters. The number of unbranched alkanes of at least 4 members (excludes halogenated alkanes) is 2. The second-order valence-corrected chi connectivity index (χ2v) is 10.7. The van der Waals surface area contributed by atoms with Gasteiger partial charge in [0.25, 0.3) is 12.3 Å². The highest BCUT2D eigenvalue weighted by Gasteiger charge is 2.30. The fourth-order valence-electron chi connectivity index (χ4n) is 5.40. The molecule has 11 heteroatoms. The molecule has 0 saturated carbocycles. The predicted molar refractivity (Wildman–Crippen MR) is 151 cm³/mol. The molecule has 0 bridgehead atoms. The third-order valence-corrected chi connectivity index (χ3v) is 7.68. The molecule has 2 heterocycles. The molecule has 4 rings (SSSR count). The molecule has 2 aromatic rings. The zero-order valence-electron chi connectivity index (χ0n) is 23.9. The number of hydrogen-bond acceptors (Lipinski definition) is 5. The smallest absolute Gasteiger partial charge is 0.256 e. The second kappa shape index (κ2) is 13.4. The molecule has 2 aromatic carbocycles. The number of carbonyl (C=O) groups is 3. The van der Waals surface area contributed by atoms with E-state index >= 15 is 0 Å². The van der Waals surface area contributed by atoms with Crippen LogP contribution in [0, 0.1) is 12.7 Å². The molecule has 2 aliphatic heterocycles. The van der Waals surface area contributed by atoms with Gasteiger partial charge in [0.1, 0.15) is 5.82 Å². The van der Waals surface area contributed by atoms with Crippen LogP contribution in [0.4, 0.5) is 24.5 Å². The molecule has 0 spiro atoms. The minimum atomic E-state index is -2.67. The lowest BCUT2D eigenvalue weighted by molar-refractivity contribution is -0.145. The van der Waals surface area contributed by atoms with Gasteiger partial charge in [0.05, 0.1) is 19.6 Å². The van der Waals surface area contributed by atoms with Crippen molar-refractivity contribution in [1.82, 2.24) is 15.3 Å². The Balaban J connectivity index is 1.56. The Kier molecular flexibility index (Phi) is 9.90. The van der Waals surface area contributed by atoms with Crippen LogP contribution in [-0.4, -0.2) is 67.4 Å². The Hall–Kier alpha value is -3.60. The normalized spacial score (nSPS) is 14.7. The Labute approximate surface area is 239 Å². The first-order chi connectivity index (χ1) is 19.6. The topological polar surface area (TPSA) is 76.2 Å². The van der Waals surface area contributed by atoms with E-state index in [4.69, 9.17) is 0 Å². The van der Waals surface area contributed by atoms with Crippen LogP contribution in [0.1, 0.15) is 54.9 Å². The standard InChI is InChI=1S/C30H38F3N5O3/c1-4-5-6-11-34-28(39)18-36(19-30(41)35(3)37-15-22-7-9-24(31)13-23(22)16-37)25-14-21-8-10-29(40)38(17-27(32)33)26(21)12-20(25)2/h7,9,12-14,27H,4-6,8,10-11,15-19H2,1-3H3,(H,34,39). The Morgan fingerprint density at radius 3 is 2.51 bits per heavy atom. The minimum absolute atomic E-state index is 0.0730. The molecule has 3 amide bonds. The maximum Gasteiger partial charge on any atom is 0.256 e. The van der Waals surface area contributed by atoms with Crippen molar-refractivity contribution in [3.05, 3.63) is 58.4 Å². The first kappa shape index (κ1) is 30.4. The van der Waals surface area contributed by atoms with Gasteiger partial charge >= 0.3 is 0 Å². The number of amides is 3. The molecule has 0 aromatic heterocycles. The van der Waals surface area contributed by atoms with Gasteiger partial charge in [-0.2, -0.15) is 0 Å². The van der Waals surface area contributed by atoms with Crippen LogP contribution in [0.15, 0.2) is 30.3 Å². The maximum absolute atomic E-state index is 13.7. The zero-order valence-corrected chi connectivity index (χ0v) is 23.9. The third-order valence-electron chi connectivity index (χ3n) is 7.68. The van der Waals surface area contributed by atoms with Gasteiger partial charge in [0.2, 0.25) is 11.8 Å². The highest BCUT2D eigenvalue weighted by atomic mass is 19.3. The number of aryl methyl sites for hydroxylation is 2. The number of likely N-dealkylation sites (N-methyl/N-ethyl adjacent to an activating group) is 1. The number of benzene rings is 2. The van der Waals surface area contributed by atoms with E-state index in [0.29, 0.717) is 43.0 Å². The van der Waals surface area contributed by atoms with Gasteiger partial charge in [-0.15, -0.1) is 0 Å². The summed E-state index contributed by atoms with van der Waals surface area (Å²) >= 11 is 0. The quantitative estimate of drug-likeness (QED) is 0.386. The lowest BCUT2D eigenvalue weighted by Crippen LogP contribution is -2.48. The molecular formula is C30H38F3N5O3. The molecule has 0 aliphatic carbocycles. The summed E-state index contributed by atoms with van der Waals surface area (Å²) in [6.45, 7) is 4.37. The summed E-state index contributed by atoms with van der Waals surface area (Å²) in [5.74, 6) is -1.17. The number of nitrogens with one attached hydrogen (secondary N) is 1. The summed E-state index contributed by atoms with van der Waals surface area (Å²) in [5, 5.41) is 6.24. The van der Waals surface area contributed by atoms with Crippen LogP contribution < -0.4 is 15.1 Å². The number of nitrogens with zero attached hydrogens (tertiary/aromatic N) is 4. The fourth-order valence-corrected chi connectivity index (χ4v) is 5.40. The minimum Gasteiger partial charge on any atom is -0.355 e. The van der Waals surface area contributed by atoms with Gasteiger partial charge in [-0.1, -0.05) is 25.8 Å². The lowest BCUT2D eigenvalue weighted by Gasteiger charge is -2.34. The van der Waals surface area contributed by atoms with Crippen molar-refractivity contribution in [1.29, 1.82) is 0 Å². The number of halogens is 3. The second-order valence-electron chi connectivity index (χ2n) is 10.7. The Bertz CT molecular complexity index is 1290. The highest BCUT2D eigenvalue weighted by Crippen LogP contribution is 2.35. The summed E-state index contributed by atoms with van der Waals surface area (Å²) in [4.78, 5) is 41.7. The summed E-state index contributed by atoms with van der Waals surface area (Å²) in [5.41, 5.74) is 4.22. The van der Waals surface area contributed by atoms with Crippen molar-refractivity contribution in [2.75, 3.05) is 43.0 Å². The van der Waals surface area contributed by atoms with Crippen LogP contribution in [0.2, 0.25) is 0 Å². The number of alkyl halides is 2. The molecule has 8 nitrogen and oxygen atoms in total. The van der Waals surface area contributed by atoms with Gasteiger partial charge < -0.3 is 15.1 Å². The SMILES string of the molecule is CCCCCNC(=O)CN(CC(=O)N(C)N1Cc2ccc(F)cc2C1)c1cc2c(cc1C)N(CC(F)F)C(=O)CC2. The van der Waals surface area contributed by atoms with Crippen molar-refractivity contribution in [3.63, 3.8) is 0 Å². The third kappa shape index (κ3) is 7.38. The molecule has 1 N–H and O–H groups in total. The Morgan fingerprint density at radius 1 is 1.02 bits per heavy atom. The first-order valence-electron chi connectivity index (χ1n) is 14.1. The number of anilines is 2. The van der Waals surface area contributed by atoms with E-state index in [1.807, 2.05) is 11.1 Å². The van der Waals surface area contributed by atoms with Gasteiger partial charge in [-0.05, 0) is 66.3 Å². The van der Waals surface area contributed by atoms with Gasteiger partial charge in [-0.25, -0.2) is 18.2 Å². The summed E-state index contributed by atoms with van der Waals surface area (Å²) < 4.78 is 40.2. The molecule has 0 radical (unpaired) electrons. The molecule has 222 valence electrons. The average Bonchev–Trinajstić information content (AvgIpc) is 3.35. The largest absolute Gasteiger partial charge is 0.355 e. The van der Waals surface area contributed by atoms with Crippen molar-refractivity contribution in [2.45, 2.75) is 65.5 Å².